The van der Waals surface area contributed by atoms with Crippen LogP contribution in [0.2, 0.25) is 5.02 Å². The van der Waals surface area contributed by atoms with Gasteiger partial charge in [0.25, 0.3) is 5.91 Å². The molecule has 0 bridgehead atoms. The number of hydrogen-bond donors (Lipinski definition) is 3. The number of carbonyl (C=O) groups is 2. The maximum Gasteiger partial charge on any atom is 0.256 e. The number of rotatable bonds is 3. The van der Waals surface area contributed by atoms with Crippen molar-refractivity contribution in [1.82, 2.24) is 0 Å². The molecule has 7 heteroatoms. The number of hydrogen-bond acceptors (Lipinski definition) is 3. The molecule has 2 aromatic rings. The van der Waals surface area contributed by atoms with E-state index in [0.29, 0.717) is 26.4 Å². The third kappa shape index (κ3) is 3.53. The van der Waals surface area contributed by atoms with Gasteiger partial charge in [-0.15, -0.1) is 0 Å². The van der Waals surface area contributed by atoms with Crippen molar-refractivity contribution in [2.24, 2.45) is 5.73 Å². The van der Waals surface area contributed by atoms with Gasteiger partial charge in [0.2, 0.25) is 5.91 Å². The zero-order chi connectivity index (χ0) is 15.6. The van der Waals surface area contributed by atoms with E-state index in [9.17, 15) is 9.59 Å². The number of anilines is 2. The Labute approximate surface area is 134 Å². The Bertz CT molecular complexity index is 734. The Morgan fingerprint density at radius 3 is 2.52 bits per heavy atom. The van der Waals surface area contributed by atoms with Gasteiger partial charge in [-0.25, -0.2) is 0 Å². The summed E-state index contributed by atoms with van der Waals surface area (Å²) in [6.45, 7) is 0. The molecule has 5 N–H and O–H groups in total. The van der Waals surface area contributed by atoms with Gasteiger partial charge in [-0.3, -0.25) is 9.59 Å². The summed E-state index contributed by atoms with van der Waals surface area (Å²) in [4.78, 5) is 23.4. The van der Waals surface area contributed by atoms with Crippen LogP contribution in [-0.4, -0.2) is 11.8 Å². The van der Waals surface area contributed by atoms with E-state index in [-0.39, 0.29) is 5.56 Å². The van der Waals surface area contributed by atoms with Crippen molar-refractivity contribution in [2.45, 2.75) is 0 Å². The van der Waals surface area contributed by atoms with Gasteiger partial charge in [0.05, 0.1) is 16.3 Å². The number of primary amides is 1. The van der Waals surface area contributed by atoms with E-state index in [1.165, 1.54) is 24.3 Å². The third-order valence-electron chi connectivity index (χ3n) is 2.73. The molecule has 0 fully saturated rings. The highest BCUT2D eigenvalue weighted by Crippen LogP contribution is 2.25. The van der Waals surface area contributed by atoms with Crippen molar-refractivity contribution in [1.29, 1.82) is 0 Å². The topological polar surface area (TPSA) is 98.2 Å². The SMILES string of the molecule is NC(=O)c1ccc(Cl)c(NC(=O)c2cc(N)ccc2Br)c1. The minimum absolute atomic E-state index is 0.251. The van der Waals surface area contributed by atoms with Gasteiger partial charge in [-0.05, 0) is 52.3 Å². The quantitative estimate of drug-likeness (QED) is 0.726. The van der Waals surface area contributed by atoms with Crippen LogP contribution in [0.4, 0.5) is 11.4 Å². The van der Waals surface area contributed by atoms with Gasteiger partial charge in [-0.1, -0.05) is 11.6 Å². The van der Waals surface area contributed by atoms with Crippen LogP contribution < -0.4 is 16.8 Å². The van der Waals surface area contributed by atoms with Gasteiger partial charge in [0.15, 0.2) is 0 Å². The standard InChI is InChI=1S/C14H11BrClN3O2/c15-10-3-2-8(17)6-9(10)14(21)19-12-5-7(13(18)20)1-4-11(12)16/h1-6H,17H2,(H2,18,20)(H,19,21). The summed E-state index contributed by atoms with van der Waals surface area (Å²) in [5, 5.41) is 2.93. The molecule has 0 spiro atoms. The number of benzene rings is 2. The lowest BCUT2D eigenvalue weighted by molar-refractivity contribution is 0.0996. The van der Waals surface area contributed by atoms with Gasteiger partial charge >= 0.3 is 0 Å². The Hall–Kier alpha value is -2.05. The first-order valence-electron chi connectivity index (χ1n) is 5.84. The van der Waals surface area contributed by atoms with Crippen LogP contribution >= 0.6 is 27.5 Å². The van der Waals surface area contributed by atoms with Crippen LogP contribution in [-0.2, 0) is 0 Å². The molecule has 2 aromatic carbocycles. The first-order chi connectivity index (χ1) is 9.88. The number of halogens is 2. The number of amides is 2. The number of nitrogens with two attached hydrogens (primary N) is 2. The number of nitrogen functional groups attached to an aromatic ring is 1. The molecule has 5 nitrogen and oxygen atoms in total. The normalized spacial score (nSPS) is 10.2. The summed E-state index contributed by atoms with van der Waals surface area (Å²) in [6.07, 6.45) is 0. The summed E-state index contributed by atoms with van der Waals surface area (Å²) >= 11 is 9.28. The Morgan fingerprint density at radius 2 is 1.86 bits per heavy atom. The highest BCUT2D eigenvalue weighted by Gasteiger charge is 2.13. The van der Waals surface area contributed by atoms with Crippen molar-refractivity contribution in [3.05, 3.63) is 57.0 Å². The van der Waals surface area contributed by atoms with E-state index in [1.54, 1.807) is 12.1 Å². The maximum atomic E-state index is 12.2. The van der Waals surface area contributed by atoms with Crippen LogP contribution in [0.3, 0.4) is 0 Å². The second-order valence-corrected chi connectivity index (χ2v) is 5.51. The molecule has 0 saturated heterocycles. The van der Waals surface area contributed by atoms with Crippen molar-refractivity contribution in [3.63, 3.8) is 0 Å². The molecule has 0 saturated carbocycles. The molecular formula is C14H11BrClN3O2. The Balaban J connectivity index is 2.33. The van der Waals surface area contributed by atoms with Crippen LogP contribution in [0.1, 0.15) is 20.7 Å². The van der Waals surface area contributed by atoms with Crippen molar-refractivity contribution in [3.8, 4) is 0 Å². The predicted molar refractivity (Wildman–Crippen MR) is 86.5 cm³/mol. The molecule has 0 aliphatic heterocycles. The molecular weight excluding hydrogens is 358 g/mol. The number of nitrogens with one attached hydrogen (secondary N) is 1. The van der Waals surface area contributed by atoms with Crippen molar-refractivity contribution < 1.29 is 9.59 Å². The molecule has 0 radical (unpaired) electrons. The molecule has 2 rings (SSSR count). The zero-order valence-corrected chi connectivity index (χ0v) is 13.0. The van der Waals surface area contributed by atoms with E-state index in [4.69, 9.17) is 23.1 Å². The molecule has 0 aliphatic carbocycles. The summed E-state index contributed by atoms with van der Waals surface area (Å²) in [6, 6.07) is 9.27. The van der Waals surface area contributed by atoms with Gasteiger partial charge < -0.3 is 16.8 Å². The summed E-state index contributed by atoms with van der Waals surface area (Å²) in [7, 11) is 0. The molecule has 21 heavy (non-hydrogen) atoms. The monoisotopic (exact) mass is 367 g/mol. The minimum Gasteiger partial charge on any atom is -0.399 e. The lowest BCUT2D eigenvalue weighted by Gasteiger charge is -2.10. The molecule has 0 unspecified atom stereocenters. The van der Waals surface area contributed by atoms with E-state index >= 15 is 0 Å². The van der Waals surface area contributed by atoms with Crippen LogP contribution in [0.15, 0.2) is 40.9 Å². The fraction of sp³-hybridized carbons (Fsp3) is 0. The van der Waals surface area contributed by atoms with Crippen molar-refractivity contribution >= 4 is 50.7 Å². The van der Waals surface area contributed by atoms with Gasteiger partial charge in [0.1, 0.15) is 0 Å². The third-order valence-corrected chi connectivity index (χ3v) is 3.76. The summed E-state index contributed by atoms with van der Waals surface area (Å²) < 4.78 is 0.594. The van der Waals surface area contributed by atoms with E-state index in [1.807, 2.05) is 0 Å². The van der Waals surface area contributed by atoms with E-state index in [0.717, 1.165) is 0 Å². The summed E-state index contributed by atoms with van der Waals surface area (Å²) in [5.41, 5.74) is 12.2. The molecule has 2 amide bonds. The maximum absolute atomic E-state index is 12.2. The first-order valence-corrected chi connectivity index (χ1v) is 7.01. The highest BCUT2D eigenvalue weighted by atomic mass is 79.9. The minimum atomic E-state index is -0.604. The summed E-state index contributed by atoms with van der Waals surface area (Å²) in [5.74, 6) is -1.01. The lowest BCUT2D eigenvalue weighted by Crippen LogP contribution is -2.15. The Kier molecular flexibility index (Phi) is 4.50. The lowest BCUT2D eigenvalue weighted by atomic mass is 10.1. The molecule has 0 atom stereocenters. The average molecular weight is 369 g/mol. The van der Waals surface area contributed by atoms with E-state index < -0.39 is 11.8 Å². The van der Waals surface area contributed by atoms with Gasteiger partial charge in [-0.2, -0.15) is 0 Å². The Morgan fingerprint density at radius 1 is 1.14 bits per heavy atom. The predicted octanol–water partition coefficient (Wildman–Crippen LogP) is 3.04. The van der Waals surface area contributed by atoms with E-state index in [2.05, 4.69) is 21.2 Å². The van der Waals surface area contributed by atoms with Crippen molar-refractivity contribution in [2.75, 3.05) is 11.1 Å². The first kappa shape index (κ1) is 15.3. The fourth-order valence-corrected chi connectivity index (χ4v) is 2.27. The molecule has 0 aliphatic rings. The number of carbonyl (C=O) groups excluding carboxylic acids is 2. The molecule has 108 valence electrons. The van der Waals surface area contributed by atoms with Crippen LogP contribution in [0.25, 0.3) is 0 Å². The fourth-order valence-electron chi connectivity index (χ4n) is 1.68. The molecule has 0 heterocycles. The van der Waals surface area contributed by atoms with Crippen LogP contribution in [0, 0.1) is 0 Å². The second kappa shape index (κ2) is 6.15. The molecule has 0 aromatic heterocycles. The highest BCUT2D eigenvalue weighted by molar-refractivity contribution is 9.10. The smallest absolute Gasteiger partial charge is 0.256 e. The zero-order valence-electron chi connectivity index (χ0n) is 10.7. The van der Waals surface area contributed by atoms with Crippen LogP contribution in [0.5, 0.6) is 0 Å². The average Bonchev–Trinajstić information content (AvgIpc) is 2.43. The van der Waals surface area contributed by atoms with Gasteiger partial charge in [0, 0.05) is 15.7 Å². The largest absolute Gasteiger partial charge is 0.399 e. The second-order valence-electron chi connectivity index (χ2n) is 4.25.